The minimum absolute atomic E-state index is 0.0532. The normalized spacial score (nSPS) is 13.3. The van der Waals surface area contributed by atoms with Crippen LogP contribution in [0.5, 0.6) is 0 Å². The van der Waals surface area contributed by atoms with Crippen LogP contribution in [0.3, 0.4) is 0 Å². The summed E-state index contributed by atoms with van der Waals surface area (Å²) in [6.07, 6.45) is -0.0592. The number of esters is 1. The summed E-state index contributed by atoms with van der Waals surface area (Å²) in [5, 5.41) is 3.03. The van der Waals surface area contributed by atoms with Gasteiger partial charge in [-0.15, -0.1) is 11.3 Å². The lowest BCUT2D eigenvalue weighted by Gasteiger charge is -2.25. The van der Waals surface area contributed by atoms with E-state index in [1.54, 1.807) is 6.92 Å². The summed E-state index contributed by atoms with van der Waals surface area (Å²) >= 11 is 1.18. The second-order valence-corrected chi connectivity index (χ2v) is 10.3. The van der Waals surface area contributed by atoms with Gasteiger partial charge < -0.3 is 19.7 Å². The van der Waals surface area contributed by atoms with Crippen molar-refractivity contribution >= 4 is 44.1 Å². The Bertz CT molecular complexity index is 1150. The summed E-state index contributed by atoms with van der Waals surface area (Å²) in [5.41, 5.74) is 1.14. The summed E-state index contributed by atoms with van der Waals surface area (Å²) < 4.78 is 34.3. The van der Waals surface area contributed by atoms with E-state index >= 15 is 0 Å². The highest BCUT2D eigenvalue weighted by Gasteiger charge is 2.31. The molecular weight excluding hydrogens is 456 g/mol. The lowest BCUT2D eigenvalue weighted by Crippen LogP contribution is -2.35. The van der Waals surface area contributed by atoms with Gasteiger partial charge in [-0.3, -0.25) is 4.79 Å². The van der Waals surface area contributed by atoms with Crippen LogP contribution < -0.4 is 5.32 Å². The molecule has 0 atom stereocenters. The molecule has 9 nitrogen and oxygen atoms in total. The fraction of sp³-hybridized carbons (Fsp3) is 0.381. The maximum atomic E-state index is 12.9. The highest BCUT2D eigenvalue weighted by Crippen LogP contribution is 2.38. The van der Waals surface area contributed by atoms with Gasteiger partial charge in [-0.25, -0.2) is 18.0 Å². The Morgan fingerprint density at radius 3 is 2.62 bits per heavy atom. The molecule has 1 aromatic carbocycles. The summed E-state index contributed by atoms with van der Waals surface area (Å²) in [5.74, 6) is -1.19. The molecule has 0 fully saturated rings. The number of anilines is 1. The minimum Gasteiger partial charge on any atom is -0.462 e. The number of carbonyl (C=O) groups excluding carboxylic acids is 3. The molecule has 1 aromatic heterocycles. The van der Waals surface area contributed by atoms with Gasteiger partial charge in [0, 0.05) is 17.0 Å². The SMILES string of the molecule is CCOC(=O)c1c(NC(=O)c2cccc(S(=O)(=O)CC)c2)sc2c1CCN(C(=O)OC)C2. The molecule has 0 saturated carbocycles. The van der Waals surface area contributed by atoms with Crippen LogP contribution in [0.15, 0.2) is 29.2 Å². The van der Waals surface area contributed by atoms with Crippen molar-refractivity contribution in [2.75, 3.05) is 31.3 Å². The first-order chi connectivity index (χ1) is 15.2. The number of fused-ring (bicyclic) bond motifs is 1. The molecule has 2 aromatic rings. The van der Waals surface area contributed by atoms with Crippen LogP contribution in [-0.2, 0) is 32.3 Å². The van der Waals surface area contributed by atoms with Crippen LogP contribution in [0.1, 0.15) is 45.0 Å². The molecule has 0 unspecified atom stereocenters. The van der Waals surface area contributed by atoms with Crippen molar-refractivity contribution in [2.24, 2.45) is 0 Å². The van der Waals surface area contributed by atoms with Crippen LogP contribution in [0.2, 0.25) is 0 Å². The van der Waals surface area contributed by atoms with Crippen LogP contribution >= 0.6 is 11.3 Å². The molecule has 0 radical (unpaired) electrons. The Morgan fingerprint density at radius 2 is 1.97 bits per heavy atom. The van der Waals surface area contributed by atoms with E-state index in [1.165, 1.54) is 54.5 Å². The van der Waals surface area contributed by atoms with E-state index in [-0.39, 0.29) is 34.9 Å². The summed E-state index contributed by atoms with van der Waals surface area (Å²) in [6.45, 7) is 4.00. The largest absolute Gasteiger partial charge is 0.462 e. The standard InChI is InChI=1S/C21H24N2O7S2/c1-4-30-20(25)17-15-9-10-23(21(26)29-3)12-16(15)31-19(17)22-18(24)13-7-6-8-14(11-13)32(27,28)5-2/h6-8,11H,4-5,9-10,12H2,1-3H3,(H,22,24). The molecule has 0 saturated heterocycles. The van der Waals surface area contributed by atoms with E-state index in [1.807, 2.05) is 0 Å². The minimum atomic E-state index is -3.48. The predicted octanol–water partition coefficient (Wildman–Crippen LogP) is 3.10. The van der Waals surface area contributed by atoms with E-state index in [4.69, 9.17) is 9.47 Å². The van der Waals surface area contributed by atoms with Gasteiger partial charge in [0.05, 0.1) is 36.5 Å². The lowest BCUT2D eigenvalue weighted by molar-refractivity contribution is 0.0526. The van der Waals surface area contributed by atoms with E-state index in [2.05, 4.69) is 5.32 Å². The Labute approximate surface area is 190 Å². The number of amides is 2. The van der Waals surface area contributed by atoms with Gasteiger partial charge in [0.1, 0.15) is 5.00 Å². The molecule has 1 aliphatic rings. The van der Waals surface area contributed by atoms with Crippen molar-refractivity contribution in [2.45, 2.75) is 31.7 Å². The maximum Gasteiger partial charge on any atom is 0.409 e. The van der Waals surface area contributed by atoms with Crippen LogP contribution in [0.25, 0.3) is 0 Å². The van der Waals surface area contributed by atoms with E-state index in [0.29, 0.717) is 18.0 Å². The van der Waals surface area contributed by atoms with Crippen molar-refractivity contribution in [3.8, 4) is 0 Å². The highest BCUT2D eigenvalue weighted by atomic mass is 32.2. The topological polar surface area (TPSA) is 119 Å². The zero-order chi connectivity index (χ0) is 23.5. The average Bonchev–Trinajstić information content (AvgIpc) is 3.15. The number of rotatable bonds is 6. The molecule has 3 rings (SSSR count). The molecule has 0 spiro atoms. The van der Waals surface area contributed by atoms with Crippen molar-refractivity contribution in [3.05, 3.63) is 45.8 Å². The highest BCUT2D eigenvalue weighted by molar-refractivity contribution is 7.91. The third-order valence-corrected chi connectivity index (χ3v) is 7.90. The average molecular weight is 481 g/mol. The number of hydrogen-bond acceptors (Lipinski definition) is 8. The first-order valence-electron chi connectivity index (χ1n) is 10.0. The number of hydrogen-bond donors (Lipinski definition) is 1. The van der Waals surface area contributed by atoms with Gasteiger partial charge in [-0.1, -0.05) is 13.0 Å². The van der Waals surface area contributed by atoms with Gasteiger partial charge in [0.2, 0.25) is 0 Å². The molecular formula is C21H24N2O7S2. The lowest BCUT2D eigenvalue weighted by atomic mass is 10.0. The van der Waals surface area contributed by atoms with Crippen molar-refractivity contribution < 1.29 is 32.3 Å². The summed E-state index contributed by atoms with van der Waals surface area (Å²) in [7, 11) is -2.18. The summed E-state index contributed by atoms with van der Waals surface area (Å²) in [6, 6.07) is 5.74. The Kier molecular flexibility index (Phi) is 7.19. The molecule has 32 heavy (non-hydrogen) atoms. The van der Waals surface area contributed by atoms with Crippen LogP contribution in [0.4, 0.5) is 9.80 Å². The van der Waals surface area contributed by atoms with Crippen molar-refractivity contribution in [1.82, 2.24) is 4.90 Å². The second-order valence-electron chi connectivity index (χ2n) is 6.96. The zero-order valence-electron chi connectivity index (χ0n) is 18.0. The number of thiophene rings is 1. The third-order valence-electron chi connectivity index (χ3n) is 5.03. The number of ether oxygens (including phenoxy) is 2. The van der Waals surface area contributed by atoms with Gasteiger partial charge in [-0.2, -0.15) is 0 Å². The number of benzene rings is 1. The molecule has 0 bridgehead atoms. The van der Waals surface area contributed by atoms with E-state index < -0.39 is 27.8 Å². The monoisotopic (exact) mass is 480 g/mol. The molecule has 172 valence electrons. The van der Waals surface area contributed by atoms with Gasteiger partial charge in [-0.05, 0) is 37.1 Å². The Morgan fingerprint density at radius 1 is 1.22 bits per heavy atom. The van der Waals surface area contributed by atoms with E-state index in [0.717, 1.165) is 10.4 Å². The first kappa shape index (κ1) is 23.7. The molecule has 1 N–H and O–H groups in total. The fourth-order valence-corrected chi connectivity index (χ4v) is 5.54. The van der Waals surface area contributed by atoms with Crippen LogP contribution in [0, 0.1) is 0 Å². The Hall–Kier alpha value is -2.92. The second kappa shape index (κ2) is 9.70. The fourth-order valence-electron chi connectivity index (χ4n) is 3.37. The predicted molar refractivity (Wildman–Crippen MR) is 119 cm³/mol. The number of nitrogens with one attached hydrogen (secondary N) is 1. The number of carbonyl (C=O) groups is 3. The Balaban J connectivity index is 1.95. The first-order valence-corrected chi connectivity index (χ1v) is 12.5. The molecule has 0 aliphatic carbocycles. The molecule has 2 heterocycles. The van der Waals surface area contributed by atoms with Crippen molar-refractivity contribution in [3.63, 3.8) is 0 Å². The summed E-state index contributed by atoms with van der Waals surface area (Å²) in [4.78, 5) is 39.8. The molecule has 11 heteroatoms. The number of sulfone groups is 1. The van der Waals surface area contributed by atoms with Crippen LogP contribution in [-0.4, -0.2) is 57.3 Å². The quantitative estimate of drug-likeness (QED) is 0.631. The van der Waals surface area contributed by atoms with Gasteiger partial charge in [0.25, 0.3) is 5.91 Å². The smallest absolute Gasteiger partial charge is 0.409 e. The van der Waals surface area contributed by atoms with E-state index in [9.17, 15) is 22.8 Å². The molecule has 2 amide bonds. The third kappa shape index (κ3) is 4.78. The number of methoxy groups -OCH3 is 1. The zero-order valence-corrected chi connectivity index (χ0v) is 19.6. The maximum absolute atomic E-state index is 12.9. The number of nitrogens with zero attached hydrogens (tertiary/aromatic N) is 1. The van der Waals surface area contributed by atoms with Gasteiger partial charge >= 0.3 is 12.1 Å². The van der Waals surface area contributed by atoms with Gasteiger partial charge in [0.15, 0.2) is 9.84 Å². The molecule has 1 aliphatic heterocycles. The van der Waals surface area contributed by atoms with Crippen molar-refractivity contribution in [1.29, 1.82) is 0 Å².